The minimum atomic E-state index is -0.462. The number of nitro benzene ring substituents is 1. The van der Waals surface area contributed by atoms with Crippen molar-refractivity contribution < 1.29 is 9.31 Å². The van der Waals surface area contributed by atoms with Crippen LogP contribution in [0.15, 0.2) is 42.5 Å². The molecular formula is C16H12FNO2. The predicted octanol–water partition coefficient (Wildman–Crippen LogP) is 4.22. The van der Waals surface area contributed by atoms with Gasteiger partial charge in [0.05, 0.1) is 10.5 Å². The summed E-state index contributed by atoms with van der Waals surface area (Å²) in [5, 5.41) is 11.1. The zero-order chi connectivity index (χ0) is 14.1. The molecule has 2 aromatic rings. The summed E-state index contributed by atoms with van der Waals surface area (Å²) in [7, 11) is 0. The van der Waals surface area contributed by atoms with Crippen molar-refractivity contribution >= 4 is 17.3 Å². The molecule has 0 radical (unpaired) electrons. The highest BCUT2D eigenvalue weighted by atomic mass is 19.1. The molecule has 1 aliphatic rings. The maximum Gasteiger partial charge on any atom is 0.277 e. The Labute approximate surface area is 115 Å². The molecule has 3 rings (SSSR count). The number of nitrogens with zero attached hydrogens (tertiary/aromatic N) is 1. The van der Waals surface area contributed by atoms with Crippen LogP contribution in [0.4, 0.5) is 10.1 Å². The van der Waals surface area contributed by atoms with Gasteiger partial charge in [0.25, 0.3) is 5.69 Å². The van der Waals surface area contributed by atoms with Crippen LogP contribution >= 0.6 is 0 Å². The summed E-state index contributed by atoms with van der Waals surface area (Å²) in [6, 6.07) is 11.5. The van der Waals surface area contributed by atoms with Gasteiger partial charge in [-0.2, -0.15) is 0 Å². The van der Waals surface area contributed by atoms with Crippen LogP contribution in [0.3, 0.4) is 0 Å². The zero-order valence-electron chi connectivity index (χ0n) is 10.7. The molecule has 20 heavy (non-hydrogen) atoms. The topological polar surface area (TPSA) is 43.1 Å². The van der Waals surface area contributed by atoms with Gasteiger partial charge in [0, 0.05) is 6.07 Å². The molecule has 0 spiro atoms. The maximum atomic E-state index is 13.4. The molecule has 4 heteroatoms. The highest BCUT2D eigenvalue weighted by molar-refractivity contribution is 5.87. The lowest BCUT2D eigenvalue weighted by molar-refractivity contribution is -0.385. The van der Waals surface area contributed by atoms with Crippen molar-refractivity contribution in [2.45, 2.75) is 12.8 Å². The molecule has 0 bridgehead atoms. The lowest BCUT2D eigenvalue weighted by Crippen LogP contribution is -2.02. The Morgan fingerprint density at radius 3 is 2.70 bits per heavy atom. The Kier molecular flexibility index (Phi) is 3.06. The van der Waals surface area contributed by atoms with Crippen molar-refractivity contribution in [3.05, 3.63) is 75.1 Å². The third-order valence-electron chi connectivity index (χ3n) is 3.55. The van der Waals surface area contributed by atoms with Gasteiger partial charge in [0.1, 0.15) is 5.82 Å². The van der Waals surface area contributed by atoms with Gasteiger partial charge in [0.2, 0.25) is 0 Å². The fourth-order valence-electron chi connectivity index (χ4n) is 2.57. The van der Waals surface area contributed by atoms with Gasteiger partial charge in [-0.15, -0.1) is 0 Å². The van der Waals surface area contributed by atoms with Gasteiger partial charge in [-0.1, -0.05) is 30.3 Å². The molecule has 0 heterocycles. The maximum absolute atomic E-state index is 13.4. The molecule has 0 fully saturated rings. The number of halogens is 1. The molecule has 0 saturated heterocycles. The van der Waals surface area contributed by atoms with E-state index in [9.17, 15) is 14.5 Å². The first-order chi connectivity index (χ1) is 9.65. The Morgan fingerprint density at radius 1 is 1.10 bits per heavy atom. The number of nitro groups is 1. The molecule has 100 valence electrons. The zero-order valence-corrected chi connectivity index (χ0v) is 10.7. The first kappa shape index (κ1) is 12.5. The number of fused-ring (bicyclic) bond motifs is 1. The summed E-state index contributed by atoms with van der Waals surface area (Å²) in [5.74, 6) is -0.453. The van der Waals surface area contributed by atoms with E-state index in [1.54, 1.807) is 0 Å². The van der Waals surface area contributed by atoms with E-state index < -0.39 is 10.7 Å². The fourth-order valence-corrected chi connectivity index (χ4v) is 2.57. The van der Waals surface area contributed by atoms with Crippen molar-refractivity contribution in [3.63, 3.8) is 0 Å². The molecule has 0 atom stereocenters. The minimum Gasteiger partial charge on any atom is -0.258 e. The molecule has 0 N–H and O–H groups in total. The quantitative estimate of drug-likeness (QED) is 0.605. The lowest BCUT2D eigenvalue weighted by Gasteiger charge is -2.16. The van der Waals surface area contributed by atoms with E-state index in [0.29, 0.717) is 12.0 Å². The number of rotatable bonds is 2. The summed E-state index contributed by atoms with van der Waals surface area (Å²) < 4.78 is 13.4. The molecule has 3 nitrogen and oxygen atoms in total. The van der Waals surface area contributed by atoms with Crippen molar-refractivity contribution in [3.8, 4) is 0 Å². The van der Waals surface area contributed by atoms with Gasteiger partial charge in [-0.3, -0.25) is 10.1 Å². The van der Waals surface area contributed by atoms with Gasteiger partial charge in [0.15, 0.2) is 0 Å². The third kappa shape index (κ3) is 2.20. The van der Waals surface area contributed by atoms with E-state index in [-0.39, 0.29) is 5.69 Å². The highest BCUT2D eigenvalue weighted by Gasteiger charge is 2.20. The van der Waals surface area contributed by atoms with Crippen LogP contribution in [0, 0.1) is 15.9 Å². The number of benzene rings is 2. The predicted molar refractivity (Wildman–Crippen MR) is 75.7 cm³/mol. The number of allylic oxidation sites excluding steroid dienone is 1. The highest BCUT2D eigenvalue weighted by Crippen LogP contribution is 2.35. The molecule has 0 aliphatic heterocycles. The summed E-state index contributed by atoms with van der Waals surface area (Å²) in [6.07, 6.45) is 3.41. The smallest absolute Gasteiger partial charge is 0.258 e. The largest absolute Gasteiger partial charge is 0.277 e. The van der Waals surface area contributed by atoms with Crippen LogP contribution in [0.2, 0.25) is 0 Å². The van der Waals surface area contributed by atoms with E-state index in [0.717, 1.165) is 23.6 Å². The number of hydrogen-bond acceptors (Lipinski definition) is 2. The van der Waals surface area contributed by atoms with Crippen LogP contribution in [0.5, 0.6) is 0 Å². The van der Waals surface area contributed by atoms with Crippen molar-refractivity contribution in [1.82, 2.24) is 0 Å². The normalized spacial score (nSPS) is 13.6. The molecule has 2 aromatic carbocycles. The monoisotopic (exact) mass is 269 g/mol. The van der Waals surface area contributed by atoms with Gasteiger partial charge < -0.3 is 0 Å². The molecule has 0 unspecified atom stereocenters. The molecule has 0 amide bonds. The Balaban J connectivity index is 2.13. The van der Waals surface area contributed by atoms with Crippen molar-refractivity contribution in [2.75, 3.05) is 0 Å². The Hall–Kier alpha value is -2.49. The van der Waals surface area contributed by atoms with Crippen molar-refractivity contribution in [1.29, 1.82) is 0 Å². The van der Waals surface area contributed by atoms with Crippen LogP contribution < -0.4 is 0 Å². The van der Waals surface area contributed by atoms with E-state index in [1.165, 1.54) is 17.7 Å². The lowest BCUT2D eigenvalue weighted by atomic mass is 9.88. The van der Waals surface area contributed by atoms with E-state index >= 15 is 0 Å². The second kappa shape index (κ2) is 4.89. The van der Waals surface area contributed by atoms with Gasteiger partial charge in [-0.25, -0.2) is 4.39 Å². The summed E-state index contributed by atoms with van der Waals surface area (Å²) >= 11 is 0. The van der Waals surface area contributed by atoms with Crippen LogP contribution in [-0.2, 0) is 6.42 Å². The third-order valence-corrected chi connectivity index (χ3v) is 3.55. The average Bonchev–Trinajstić information content (AvgIpc) is 2.46. The second-order valence-corrected chi connectivity index (χ2v) is 4.79. The van der Waals surface area contributed by atoms with E-state index in [2.05, 4.69) is 0 Å². The van der Waals surface area contributed by atoms with Crippen molar-refractivity contribution in [2.24, 2.45) is 0 Å². The van der Waals surface area contributed by atoms with E-state index in [1.807, 2.05) is 30.3 Å². The molecule has 0 aromatic heterocycles. The molecule has 0 saturated carbocycles. The number of aryl methyl sites for hydroxylation is 1. The Bertz CT molecular complexity index is 722. The van der Waals surface area contributed by atoms with E-state index in [4.69, 9.17) is 0 Å². The summed E-state index contributed by atoms with van der Waals surface area (Å²) in [5.41, 5.74) is 3.42. The Morgan fingerprint density at radius 2 is 1.90 bits per heavy atom. The van der Waals surface area contributed by atoms with Crippen LogP contribution in [0.1, 0.15) is 23.1 Å². The summed E-state index contributed by atoms with van der Waals surface area (Å²) in [6.45, 7) is 0. The average molecular weight is 269 g/mol. The van der Waals surface area contributed by atoms with Gasteiger partial charge >= 0.3 is 0 Å². The summed E-state index contributed by atoms with van der Waals surface area (Å²) in [4.78, 5) is 10.6. The molecule has 1 aliphatic carbocycles. The SMILES string of the molecule is O=[N+]([O-])c1ccc(F)cc1C1=Cc2ccccc2CC1. The first-order valence-electron chi connectivity index (χ1n) is 6.38. The van der Waals surface area contributed by atoms with Crippen LogP contribution in [0.25, 0.3) is 11.6 Å². The second-order valence-electron chi connectivity index (χ2n) is 4.79. The van der Waals surface area contributed by atoms with Gasteiger partial charge in [-0.05, 0) is 41.7 Å². The minimum absolute atomic E-state index is 0.0444. The van der Waals surface area contributed by atoms with Crippen LogP contribution in [-0.4, -0.2) is 4.92 Å². The fraction of sp³-hybridized carbons (Fsp3) is 0.125. The number of hydrogen-bond donors (Lipinski definition) is 0. The first-order valence-corrected chi connectivity index (χ1v) is 6.38. The molecular weight excluding hydrogens is 257 g/mol. The standard InChI is InChI=1S/C16H12FNO2/c17-14-7-8-16(18(19)20)15(10-14)13-6-5-11-3-1-2-4-12(11)9-13/h1-4,7-10H,5-6H2.